The number of primary amides is 1. The Labute approximate surface area is 233 Å². The number of allylic oxidation sites excluding steroid dienone is 1. The van der Waals surface area contributed by atoms with Crippen LogP contribution >= 0.6 is 0 Å². The topological polar surface area (TPSA) is 165 Å². The average molecular weight is 552 g/mol. The highest BCUT2D eigenvalue weighted by Gasteiger charge is 2.63. The van der Waals surface area contributed by atoms with Gasteiger partial charge in [0.2, 0.25) is 5.78 Å². The molecule has 1 aliphatic heterocycles. The zero-order chi connectivity index (χ0) is 29.3. The molecule has 0 unspecified atom stereocenters. The number of aromatic hydroxyl groups is 1. The van der Waals surface area contributed by atoms with Crippen molar-refractivity contribution in [3.8, 4) is 5.75 Å². The number of ketones is 2. The number of nitrogens with zero attached hydrogens (tertiary/aromatic N) is 2. The summed E-state index contributed by atoms with van der Waals surface area (Å²) in [6, 6.07) is 2.27. The number of fused-ring (bicyclic) bond motifs is 3. The van der Waals surface area contributed by atoms with Crippen molar-refractivity contribution in [2.75, 3.05) is 33.7 Å². The van der Waals surface area contributed by atoms with Crippen LogP contribution in [0.4, 0.5) is 0 Å². The van der Waals surface area contributed by atoms with Gasteiger partial charge in [-0.2, -0.15) is 0 Å². The van der Waals surface area contributed by atoms with Gasteiger partial charge in [0.1, 0.15) is 22.8 Å². The van der Waals surface area contributed by atoms with E-state index < -0.39 is 58.0 Å². The lowest BCUT2D eigenvalue weighted by Crippen LogP contribution is -2.63. The number of carbonyl (C=O) groups is 3. The van der Waals surface area contributed by atoms with E-state index in [1.165, 1.54) is 6.07 Å². The molecule has 0 radical (unpaired) electrons. The molecule has 0 aromatic heterocycles. The third-order valence-electron chi connectivity index (χ3n) is 8.87. The summed E-state index contributed by atoms with van der Waals surface area (Å²) in [6.07, 6.45) is 3.29. The van der Waals surface area contributed by atoms with Gasteiger partial charge in [-0.25, -0.2) is 0 Å². The number of nitrogens with two attached hydrogens (primary N) is 1. The van der Waals surface area contributed by atoms with Crippen molar-refractivity contribution >= 4 is 23.0 Å². The van der Waals surface area contributed by atoms with Crippen LogP contribution in [0.5, 0.6) is 5.75 Å². The first-order valence-electron chi connectivity index (χ1n) is 13.7. The van der Waals surface area contributed by atoms with Crippen molar-refractivity contribution in [1.82, 2.24) is 9.80 Å². The number of benzene rings is 1. The van der Waals surface area contributed by atoms with Crippen molar-refractivity contribution in [2.45, 2.75) is 44.8 Å². The molecule has 4 atom stereocenters. The molecule has 0 saturated carbocycles. The van der Waals surface area contributed by atoms with Gasteiger partial charge in [0.15, 0.2) is 11.4 Å². The fourth-order valence-electron chi connectivity index (χ4n) is 7.19. The maximum atomic E-state index is 13.9. The Morgan fingerprint density at radius 3 is 2.48 bits per heavy atom. The number of phenolic OH excluding ortho intramolecular Hbond substituents is 1. The molecule has 0 fully saturated rings. The van der Waals surface area contributed by atoms with Gasteiger partial charge < -0.3 is 26.2 Å². The lowest BCUT2D eigenvalue weighted by Gasteiger charge is -2.50. The molecule has 6 N–H and O–H groups in total. The minimum absolute atomic E-state index is 0.0452. The van der Waals surface area contributed by atoms with Crippen LogP contribution in [0.15, 0.2) is 40.9 Å². The van der Waals surface area contributed by atoms with Crippen LogP contribution in [-0.2, 0) is 16.0 Å². The Kier molecular flexibility index (Phi) is 6.92. The first kappa shape index (κ1) is 28.1. The summed E-state index contributed by atoms with van der Waals surface area (Å²) in [4.78, 5) is 43.4. The predicted molar refractivity (Wildman–Crippen MR) is 148 cm³/mol. The highest BCUT2D eigenvalue weighted by Crippen LogP contribution is 2.53. The first-order chi connectivity index (χ1) is 18.8. The highest BCUT2D eigenvalue weighted by atomic mass is 16.3. The van der Waals surface area contributed by atoms with Crippen molar-refractivity contribution in [3.63, 3.8) is 0 Å². The smallest absolute Gasteiger partial charge is 0.255 e. The second-order valence-electron chi connectivity index (χ2n) is 12.1. The van der Waals surface area contributed by atoms with E-state index in [1.54, 1.807) is 19.0 Å². The number of aliphatic hydroxyl groups is 3. The zero-order valence-corrected chi connectivity index (χ0v) is 23.3. The minimum Gasteiger partial charge on any atom is -0.510 e. The van der Waals surface area contributed by atoms with E-state index in [1.807, 2.05) is 6.07 Å². The number of Topliss-reactive ketones (excluding diaryl/α,β-unsaturated/α-hetero) is 2. The zero-order valence-electron chi connectivity index (χ0n) is 23.3. The maximum Gasteiger partial charge on any atom is 0.255 e. The van der Waals surface area contributed by atoms with Gasteiger partial charge in [0.05, 0.1) is 11.6 Å². The fourth-order valence-corrected chi connectivity index (χ4v) is 7.19. The largest absolute Gasteiger partial charge is 0.510 e. The standard InChI is InChI=1S/C30H37N3O7/c1-14(2)13-33-9-7-15(8-10-33)17-5-6-20(34)22-18(17)11-16-12-19-24(32(3)4)26(36)23(29(31)39)28(38)30(19,40)27(37)21(16)25(22)35/h5-7,14,16,19,24,34,36-37,40H,8-13H2,1-4H3,(H2,31,39)/t16-,19-,24-,30-/m0/s1. The summed E-state index contributed by atoms with van der Waals surface area (Å²) >= 11 is 0. The number of hydrogen-bond acceptors (Lipinski definition) is 9. The van der Waals surface area contributed by atoms with Crippen LogP contribution < -0.4 is 5.73 Å². The lowest BCUT2D eigenvalue weighted by molar-refractivity contribution is -0.148. The van der Waals surface area contributed by atoms with E-state index in [0.717, 1.165) is 37.2 Å². The normalized spacial score (nSPS) is 29.0. The number of rotatable bonds is 5. The average Bonchev–Trinajstić information content (AvgIpc) is 2.86. The van der Waals surface area contributed by atoms with Gasteiger partial charge in [-0.3, -0.25) is 24.2 Å². The van der Waals surface area contributed by atoms with E-state index in [2.05, 4.69) is 24.8 Å². The molecular weight excluding hydrogens is 514 g/mol. The summed E-state index contributed by atoms with van der Waals surface area (Å²) in [7, 11) is 3.23. The van der Waals surface area contributed by atoms with E-state index in [4.69, 9.17) is 5.73 Å². The lowest BCUT2D eigenvalue weighted by atomic mass is 9.58. The van der Waals surface area contributed by atoms with Crippen molar-refractivity contribution in [1.29, 1.82) is 0 Å². The van der Waals surface area contributed by atoms with Gasteiger partial charge in [0.25, 0.3) is 5.91 Å². The highest BCUT2D eigenvalue weighted by molar-refractivity contribution is 6.24. The van der Waals surface area contributed by atoms with Crippen LogP contribution in [0.2, 0.25) is 0 Å². The van der Waals surface area contributed by atoms with Crippen LogP contribution in [0.1, 0.15) is 48.2 Å². The summed E-state index contributed by atoms with van der Waals surface area (Å²) in [5, 5.41) is 44.9. The Bertz CT molecular complexity index is 1410. The molecule has 1 aromatic rings. The second kappa shape index (κ2) is 9.87. The molecule has 1 aromatic carbocycles. The molecule has 1 heterocycles. The summed E-state index contributed by atoms with van der Waals surface area (Å²) < 4.78 is 0. The molecule has 0 spiro atoms. The number of hydrogen-bond donors (Lipinski definition) is 5. The molecule has 10 heteroatoms. The SMILES string of the molecule is CC(C)CN1CC=C(c2ccc(O)c3c2C[C@H]2C[C@H]4[C@H](N(C)C)C(O)=C(C(N)=O)C(=O)[C@@]4(O)C(O)=C2C3=O)CC1. The Morgan fingerprint density at radius 2 is 1.90 bits per heavy atom. The third-order valence-corrected chi connectivity index (χ3v) is 8.87. The van der Waals surface area contributed by atoms with Crippen molar-refractivity contribution < 1.29 is 34.8 Å². The van der Waals surface area contributed by atoms with Crippen molar-refractivity contribution in [2.24, 2.45) is 23.5 Å². The monoisotopic (exact) mass is 551 g/mol. The minimum atomic E-state index is -2.64. The van der Waals surface area contributed by atoms with Crippen LogP contribution in [0, 0.1) is 17.8 Å². The van der Waals surface area contributed by atoms with E-state index in [-0.39, 0.29) is 29.7 Å². The molecule has 5 rings (SSSR count). The van der Waals surface area contributed by atoms with E-state index in [9.17, 15) is 34.8 Å². The Balaban J connectivity index is 1.62. The molecule has 214 valence electrons. The van der Waals surface area contributed by atoms with Gasteiger partial charge in [0, 0.05) is 31.1 Å². The quantitative estimate of drug-likeness (QED) is 0.344. The fraction of sp³-hybridized carbons (Fsp3) is 0.500. The molecule has 0 bridgehead atoms. The van der Waals surface area contributed by atoms with E-state index in [0.29, 0.717) is 11.5 Å². The van der Waals surface area contributed by atoms with E-state index >= 15 is 0 Å². The molecular formula is C30H37N3O7. The first-order valence-corrected chi connectivity index (χ1v) is 13.7. The number of amides is 1. The maximum absolute atomic E-state index is 13.9. The van der Waals surface area contributed by atoms with Gasteiger partial charge >= 0.3 is 0 Å². The molecule has 40 heavy (non-hydrogen) atoms. The Morgan fingerprint density at radius 1 is 1.20 bits per heavy atom. The number of aliphatic hydroxyl groups excluding tert-OH is 2. The molecule has 4 aliphatic rings. The number of likely N-dealkylation sites (N-methyl/N-ethyl adjacent to an activating group) is 1. The van der Waals surface area contributed by atoms with Gasteiger partial charge in [-0.05, 0) is 68.0 Å². The summed E-state index contributed by atoms with van der Waals surface area (Å²) in [5.74, 6) is -5.90. The number of carbonyl (C=O) groups excluding carboxylic acids is 3. The van der Waals surface area contributed by atoms with Gasteiger partial charge in [-0.1, -0.05) is 26.0 Å². The van der Waals surface area contributed by atoms with Crippen LogP contribution in [-0.4, -0.2) is 93.1 Å². The summed E-state index contributed by atoms with van der Waals surface area (Å²) in [5.41, 5.74) is 4.46. The molecule has 10 nitrogen and oxygen atoms in total. The number of phenols is 1. The molecule has 3 aliphatic carbocycles. The predicted octanol–water partition coefficient (Wildman–Crippen LogP) is 1.87. The molecule has 1 amide bonds. The van der Waals surface area contributed by atoms with Crippen LogP contribution in [0.25, 0.3) is 5.57 Å². The molecule has 0 saturated heterocycles. The van der Waals surface area contributed by atoms with Crippen LogP contribution in [0.3, 0.4) is 0 Å². The summed E-state index contributed by atoms with van der Waals surface area (Å²) in [6.45, 7) is 7.00. The third kappa shape index (κ3) is 4.08. The Hall–Kier alpha value is -3.47. The van der Waals surface area contributed by atoms with Crippen molar-refractivity contribution in [3.05, 3.63) is 57.6 Å². The van der Waals surface area contributed by atoms with Gasteiger partial charge in [-0.15, -0.1) is 0 Å². The second-order valence-corrected chi connectivity index (χ2v) is 12.1.